The quantitative estimate of drug-likeness (QED) is 0.135. The van der Waals surface area contributed by atoms with E-state index in [-0.39, 0.29) is 18.9 Å². The van der Waals surface area contributed by atoms with E-state index in [2.05, 4.69) is 145 Å². The molecule has 3 atom stereocenters. The number of rotatable bonds is 20. The third kappa shape index (κ3) is 22.0. The second-order valence-electron chi connectivity index (χ2n) is 18.5. The molecule has 298 valence electrons. The van der Waals surface area contributed by atoms with Crippen molar-refractivity contribution in [2.24, 2.45) is 57.2 Å². The molecule has 0 aromatic carbocycles. The lowest BCUT2D eigenvalue weighted by Crippen LogP contribution is -2.35. The van der Waals surface area contributed by atoms with Gasteiger partial charge in [-0.15, -0.1) is 0 Å². The monoisotopic (exact) mass is 685 g/mol. The predicted molar refractivity (Wildman–Crippen MR) is 228 cm³/mol. The minimum Gasteiger partial charge on any atom is -0.393 e. The Hall–Kier alpha value is -0.0400. The summed E-state index contributed by atoms with van der Waals surface area (Å²) in [6, 6.07) is 0. The van der Waals surface area contributed by atoms with Gasteiger partial charge in [-0.2, -0.15) is 0 Å². The Bertz CT molecular complexity index is 571. The van der Waals surface area contributed by atoms with Crippen molar-refractivity contribution in [2.75, 3.05) is 0 Å². The molecule has 0 aliphatic rings. The van der Waals surface area contributed by atoms with Crippen molar-refractivity contribution >= 4 is 0 Å². The van der Waals surface area contributed by atoms with Crippen LogP contribution in [0.1, 0.15) is 243 Å². The van der Waals surface area contributed by atoms with Crippen LogP contribution in [0.4, 0.5) is 0 Å². The largest absolute Gasteiger partial charge is 0.393 e. The van der Waals surface area contributed by atoms with Crippen LogP contribution >= 0.6 is 0 Å². The Labute approximate surface area is 310 Å². The number of aliphatic hydroxyl groups excluding tert-OH is 1. The molecule has 1 heteroatoms. The number of hydrogen-bond acceptors (Lipinski definition) is 1. The van der Waals surface area contributed by atoms with E-state index < -0.39 is 0 Å². The molecule has 0 aromatic rings. The Kier molecular flexibility index (Phi) is 35.3. The molecule has 0 unspecified atom stereocenters. The summed E-state index contributed by atoms with van der Waals surface area (Å²) in [5.41, 5.74) is 1.80. The lowest BCUT2D eigenvalue weighted by Gasteiger charge is -2.38. The molecule has 0 saturated heterocycles. The highest BCUT2D eigenvalue weighted by atomic mass is 16.3. The molecule has 0 spiro atoms. The Morgan fingerprint density at radius 3 is 0.771 bits per heavy atom. The van der Waals surface area contributed by atoms with Gasteiger partial charge in [0.1, 0.15) is 0 Å². The Morgan fingerprint density at radius 1 is 0.375 bits per heavy atom. The van der Waals surface area contributed by atoms with E-state index in [1.165, 1.54) is 77.0 Å². The summed E-state index contributed by atoms with van der Waals surface area (Å²) in [5, 5.41) is 9.67. The molecule has 0 aliphatic heterocycles. The normalized spacial score (nSPS) is 15.2. The zero-order chi connectivity index (χ0) is 38.2. The highest BCUT2D eigenvalue weighted by Crippen LogP contribution is 2.41. The van der Waals surface area contributed by atoms with Gasteiger partial charge in [0.05, 0.1) is 6.10 Å². The van der Waals surface area contributed by atoms with Gasteiger partial charge < -0.3 is 5.11 Å². The van der Waals surface area contributed by atoms with E-state index in [1.54, 1.807) is 0 Å². The molecular formula is C47H104O. The first-order valence-electron chi connectivity index (χ1n) is 21.1. The van der Waals surface area contributed by atoms with Crippen molar-refractivity contribution in [1.29, 1.82) is 0 Å². The lowest BCUT2D eigenvalue weighted by molar-refractivity contribution is 0.00818. The van der Waals surface area contributed by atoms with Gasteiger partial charge in [-0.1, -0.05) is 211 Å². The zero-order valence-corrected chi connectivity index (χ0v) is 37.7. The van der Waals surface area contributed by atoms with Crippen LogP contribution < -0.4 is 0 Å². The van der Waals surface area contributed by atoms with Crippen LogP contribution in [0.15, 0.2) is 0 Å². The molecule has 0 aliphatic carbocycles. The fourth-order valence-electron chi connectivity index (χ4n) is 6.60. The first kappa shape index (κ1) is 57.3. The molecular weight excluding hydrogens is 581 g/mol. The van der Waals surface area contributed by atoms with Gasteiger partial charge in [0.25, 0.3) is 0 Å². The predicted octanol–water partition coefficient (Wildman–Crippen LogP) is 17.1. The van der Waals surface area contributed by atoms with Crippen molar-refractivity contribution in [3.05, 3.63) is 0 Å². The number of aliphatic hydroxyl groups is 1. The van der Waals surface area contributed by atoms with Gasteiger partial charge in [-0.05, 0) is 89.8 Å². The minimum absolute atomic E-state index is 0. The van der Waals surface area contributed by atoms with Gasteiger partial charge >= 0.3 is 0 Å². The molecule has 48 heavy (non-hydrogen) atoms. The molecule has 0 bridgehead atoms. The van der Waals surface area contributed by atoms with Crippen molar-refractivity contribution in [1.82, 2.24) is 0 Å². The fourth-order valence-corrected chi connectivity index (χ4v) is 6.60. The van der Waals surface area contributed by atoms with Crippen LogP contribution in [0.2, 0.25) is 0 Å². The van der Waals surface area contributed by atoms with Crippen LogP contribution in [0.25, 0.3) is 0 Å². The number of unbranched alkanes of at least 4 members (excludes halogenated alkanes) is 4. The van der Waals surface area contributed by atoms with Gasteiger partial charge in [0, 0.05) is 0 Å². The van der Waals surface area contributed by atoms with Gasteiger partial charge in [0.15, 0.2) is 0 Å². The average Bonchev–Trinajstić information content (AvgIpc) is 3.00. The standard InChI is InChI=1S/2C12H26.C11H24O.C11H24.CH4/c2*1-7-8-9-12(6,10(2)3)11(4)5;1-6-7-8-11(5,9(2)3)10(4)12;1-6-8-9-11(5,7-2)10(3)4;/h2*10-11H,7-9H2,1-6H3;9-10,12H,6-8H2,1-5H3;10H,6-9H2,1-5H3;1H4/t;;10-,11-;11-;/m..11./s1. The third-order valence-electron chi connectivity index (χ3n) is 14.1. The molecule has 1 nitrogen and oxygen atoms in total. The maximum Gasteiger partial charge on any atom is 0.0568 e. The van der Waals surface area contributed by atoms with Gasteiger partial charge in [-0.25, -0.2) is 0 Å². The van der Waals surface area contributed by atoms with Crippen molar-refractivity contribution in [3.8, 4) is 0 Å². The summed E-state index contributed by atoms with van der Waals surface area (Å²) in [5.74, 6) is 4.63. The lowest BCUT2D eigenvalue weighted by atomic mass is 9.67. The first-order chi connectivity index (χ1) is 21.4. The topological polar surface area (TPSA) is 20.2 Å². The van der Waals surface area contributed by atoms with Crippen molar-refractivity contribution in [2.45, 2.75) is 249 Å². The Balaban J connectivity index is -0.000000170. The van der Waals surface area contributed by atoms with Crippen LogP contribution in [0.3, 0.4) is 0 Å². The second-order valence-corrected chi connectivity index (χ2v) is 18.5. The van der Waals surface area contributed by atoms with Crippen LogP contribution in [-0.2, 0) is 0 Å². The third-order valence-corrected chi connectivity index (χ3v) is 14.1. The molecule has 0 heterocycles. The number of hydrogen-bond donors (Lipinski definition) is 1. The van der Waals surface area contributed by atoms with Crippen molar-refractivity contribution < 1.29 is 5.11 Å². The van der Waals surface area contributed by atoms with Gasteiger partial charge in [-0.3, -0.25) is 0 Å². The van der Waals surface area contributed by atoms with E-state index >= 15 is 0 Å². The molecule has 0 fully saturated rings. The summed E-state index contributed by atoms with van der Waals surface area (Å²) >= 11 is 0. The highest BCUT2D eigenvalue weighted by Gasteiger charge is 2.33. The van der Waals surface area contributed by atoms with Crippen LogP contribution in [-0.4, -0.2) is 11.2 Å². The maximum atomic E-state index is 9.67. The van der Waals surface area contributed by atoms with Crippen LogP contribution in [0, 0.1) is 57.2 Å². The minimum atomic E-state index is -0.191. The summed E-state index contributed by atoms with van der Waals surface area (Å²) < 4.78 is 0. The van der Waals surface area contributed by atoms with E-state index in [1.807, 2.05) is 6.92 Å². The summed E-state index contributed by atoms with van der Waals surface area (Å²) in [6.07, 6.45) is 17.0. The van der Waals surface area contributed by atoms with E-state index in [0.29, 0.717) is 22.2 Å². The molecule has 1 N–H and O–H groups in total. The Morgan fingerprint density at radius 2 is 0.604 bits per heavy atom. The smallest absolute Gasteiger partial charge is 0.0568 e. The second kappa shape index (κ2) is 29.5. The summed E-state index contributed by atoms with van der Waals surface area (Å²) in [7, 11) is 0. The summed E-state index contributed by atoms with van der Waals surface area (Å²) in [4.78, 5) is 0. The molecule has 0 aromatic heterocycles. The molecule has 0 radical (unpaired) electrons. The molecule has 0 saturated carbocycles. The maximum absolute atomic E-state index is 9.67. The van der Waals surface area contributed by atoms with E-state index in [4.69, 9.17) is 0 Å². The van der Waals surface area contributed by atoms with Crippen molar-refractivity contribution in [3.63, 3.8) is 0 Å². The highest BCUT2D eigenvalue weighted by molar-refractivity contribution is 4.83. The molecule has 0 rings (SSSR count). The average molecular weight is 685 g/mol. The van der Waals surface area contributed by atoms with E-state index in [9.17, 15) is 5.11 Å². The zero-order valence-electron chi connectivity index (χ0n) is 37.7. The SMILES string of the molecule is C.CCCCC(C)(C(C)C)C(C)C.CCCCC(C)(C(C)C)C(C)C.CCCC[C@@](C)(CC)C(C)C.CCCC[C@](C)(C(C)C)[C@@H](C)O. The fraction of sp³-hybridized carbons (Fsp3) is 1.00. The van der Waals surface area contributed by atoms with E-state index in [0.717, 1.165) is 36.0 Å². The van der Waals surface area contributed by atoms with Crippen LogP contribution in [0.5, 0.6) is 0 Å². The molecule has 0 amide bonds. The van der Waals surface area contributed by atoms with Gasteiger partial charge in [0.2, 0.25) is 0 Å². The first-order valence-corrected chi connectivity index (χ1v) is 21.1. The summed E-state index contributed by atoms with van der Waals surface area (Å²) in [6.45, 7) is 50.7.